The van der Waals surface area contributed by atoms with Gasteiger partial charge in [0.1, 0.15) is 11.6 Å². The summed E-state index contributed by atoms with van der Waals surface area (Å²) in [6, 6.07) is 12.2. The molecule has 0 atom stereocenters. The van der Waals surface area contributed by atoms with Gasteiger partial charge in [0.25, 0.3) is 0 Å². The van der Waals surface area contributed by atoms with Crippen molar-refractivity contribution in [3.63, 3.8) is 0 Å². The number of para-hydroxylation sites is 2. The van der Waals surface area contributed by atoms with Crippen LogP contribution in [0.5, 0.6) is 5.75 Å². The van der Waals surface area contributed by atoms with Crippen LogP contribution in [-0.4, -0.2) is 13.1 Å². The largest absolute Gasteiger partial charge is 0.495 e. The minimum Gasteiger partial charge on any atom is -0.495 e. The topological polar surface area (TPSA) is 50.4 Å². The lowest BCUT2D eigenvalue weighted by Gasteiger charge is -2.10. The number of amides is 2. The average Bonchev–Trinajstić information content (AvgIpc) is 2.39. The molecule has 0 bridgehead atoms. The molecule has 0 aliphatic heterocycles. The van der Waals surface area contributed by atoms with Gasteiger partial charge in [-0.3, -0.25) is 0 Å². The Morgan fingerprint density at radius 1 is 1.11 bits per heavy atom. The first-order valence-electron chi connectivity index (χ1n) is 5.65. The molecule has 0 aromatic heterocycles. The molecule has 0 fully saturated rings. The molecule has 0 radical (unpaired) electrons. The van der Waals surface area contributed by atoms with Gasteiger partial charge >= 0.3 is 6.03 Å². The second kappa shape index (κ2) is 5.86. The van der Waals surface area contributed by atoms with Crippen molar-refractivity contribution in [3.8, 4) is 5.75 Å². The summed E-state index contributed by atoms with van der Waals surface area (Å²) < 4.78 is 18.1. The van der Waals surface area contributed by atoms with E-state index in [4.69, 9.17) is 4.74 Å². The molecule has 2 aromatic rings. The molecule has 0 saturated carbocycles. The Balaban J connectivity index is 2.05. The van der Waals surface area contributed by atoms with Crippen LogP contribution in [0, 0.1) is 5.82 Å². The summed E-state index contributed by atoms with van der Waals surface area (Å²) in [5.74, 6) is 0.145. The summed E-state index contributed by atoms with van der Waals surface area (Å²) in [5.41, 5.74) is 0.923. The third kappa shape index (κ3) is 3.45. The number of anilines is 2. The average molecular weight is 260 g/mol. The summed E-state index contributed by atoms with van der Waals surface area (Å²) >= 11 is 0. The number of hydrogen-bond donors (Lipinski definition) is 2. The molecule has 4 nitrogen and oxygen atoms in total. The van der Waals surface area contributed by atoms with E-state index < -0.39 is 11.8 Å². The first-order chi connectivity index (χ1) is 9.19. The lowest BCUT2D eigenvalue weighted by atomic mass is 10.3. The summed E-state index contributed by atoms with van der Waals surface area (Å²) in [5, 5.41) is 5.17. The molecule has 0 saturated heterocycles. The third-order valence-electron chi connectivity index (χ3n) is 2.44. The van der Waals surface area contributed by atoms with E-state index in [-0.39, 0.29) is 0 Å². The van der Waals surface area contributed by atoms with E-state index in [1.54, 1.807) is 30.3 Å². The van der Waals surface area contributed by atoms with E-state index in [9.17, 15) is 9.18 Å². The fourth-order valence-corrected chi connectivity index (χ4v) is 1.60. The zero-order chi connectivity index (χ0) is 13.7. The smallest absolute Gasteiger partial charge is 0.323 e. The van der Waals surface area contributed by atoms with Crippen LogP contribution in [0.1, 0.15) is 0 Å². The second-order valence-corrected chi connectivity index (χ2v) is 3.79. The molecule has 0 aliphatic rings. The molecule has 2 amide bonds. The summed E-state index contributed by atoms with van der Waals surface area (Å²) in [6.45, 7) is 0. The van der Waals surface area contributed by atoms with Crippen molar-refractivity contribution in [2.45, 2.75) is 0 Å². The second-order valence-electron chi connectivity index (χ2n) is 3.79. The highest BCUT2D eigenvalue weighted by molar-refractivity contribution is 6.00. The van der Waals surface area contributed by atoms with E-state index in [0.29, 0.717) is 17.1 Å². The van der Waals surface area contributed by atoms with Crippen molar-refractivity contribution in [1.82, 2.24) is 0 Å². The van der Waals surface area contributed by atoms with Crippen LogP contribution in [-0.2, 0) is 0 Å². The molecular formula is C14H13FN2O2. The molecule has 19 heavy (non-hydrogen) atoms. The van der Waals surface area contributed by atoms with Gasteiger partial charge in [0.15, 0.2) is 0 Å². The van der Waals surface area contributed by atoms with Gasteiger partial charge in [-0.15, -0.1) is 0 Å². The summed E-state index contributed by atoms with van der Waals surface area (Å²) in [4.78, 5) is 11.8. The summed E-state index contributed by atoms with van der Waals surface area (Å²) in [7, 11) is 1.52. The zero-order valence-corrected chi connectivity index (χ0v) is 10.3. The Hall–Kier alpha value is -2.56. The van der Waals surface area contributed by atoms with Crippen molar-refractivity contribution < 1.29 is 13.9 Å². The third-order valence-corrected chi connectivity index (χ3v) is 2.44. The molecule has 0 spiro atoms. The van der Waals surface area contributed by atoms with Crippen LogP contribution >= 0.6 is 0 Å². The fourth-order valence-electron chi connectivity index (χ4n) is 1.60. The number of urea groups is 1. The number of rotatable bonds is 3. The Bertz CT molecular complexity index is 587. The van der Waals surface area contributed by atoms with Gasteiger partial charge < -0.3 is 15.4 Å². The van der Waals surface area contributed by atoms with Gasteiger partial charge in [0.2, 0.25) is 0 Å². The van der Waals surface area contributed by atoms with Crippen molar-refractivity contribution >= 4 is 17.4 Å². The minimum absolute atomic E-state index is 0.382. The molecule has 0 aliphatic carbocycles. The quantitative estimate of drug-likeness (QED) is 0.887. The van der Waals surface area contributed by atoms with Crippen molar-refractivity contribution in [2.75, 3.05) is 17.7 Å². The molecule has 2 rings (SSSR count). The van der Waals surface area contributed by atoms with E-state index in [1.165, 1.54) is 25.3 Å². The molecule has 5 heteroatoms. The highest BCUT2D eigenvalue weighted by Gasteiger charge is 2.06. The highest BCUT2D eigenvalue weighted by atomic mass is 19.1. The molecule has 0 unspecified atom stereocenters. The van der Waals surface area contributed by atoms with Crippen LogP contribution in [0.25, 0.3) is 0 Å². The number of methoxy groups -OCH3 is 1. The van der Waals surface area contributed by atoms with E-state index >= 15 is 0 Å². The normalized spacial score (nSPS) is 9.79. The number of carbonyl (C=O) groups excluding carboxylic acids is 1. The molecule has 2 aromatic carbocycles. The standard InChI is InChI=1S/C14H13FN2O2/c1-19-13-8-3-2-7-12(13)17-14(18)16-11-6-4-5-10(15)9-11/h2-9H,1H3,(H2,16,17,18). The first kappa shape index (κ1) is 12.9. The number of halogens is 1. The predicted molar refractivity (Wildman–Crippen MR) is 72.0 cm³/mol. The maximum atomic E-state index is 13.0. The lowest BCUT2D eigenvalue weighted by molar-refractivity contribution is 0.262. The Morgan fingerprint density at radius 2 is 1.89 bits per heavy atom. The first-order valence-corrected chi connectivity index (χ1v) is 5.65. The van der Waals surface area contributed by atoms with Gasteiger partial charge in [0.05, 0.1) is 12.8 Å². The molecule has 98 valence electrons. The van der Waals surface area contributed by atoms with Crippen LogP contribution in [0.15, 0.2) is 48.5 Å². The van der Waals surface area contributed by atoms with Gasteiger partial charge in [-0.25, -0.2) is 9.18 Å². The number of nitrogens with one attached hydrogen (secondary N) is 2. The van der Waals surface area contributed by atoms with E-state index in [2.05, 4.69) is 10.6 Å². The molecule has 2 N–H and O–H groups in total. The van der Waals surface area contributed by atoms with Crippen molar-refractivity contribution in [2.24, 2.45) is 0 Å². The Morgan fingerprint density at radius 3 is 2.63 bits per heavy atom. The fraction of sp³-hybridized carbons (Fsp3) is 0.0714. The number of hydrogen-bond acceptors (Lipinski definition) is 2. The SMILES string of the molecule is COc1ccccc1NC(=O)Nc1cccc(F)c1. The maximum Gasteiger partial charge on any atom is 0.323 e. The minimum atomic E-state index is -0.463. The van der Waals surface area contributed by atoms with E-state index in [0.717, 1.165) is 0 Å². The van der Waals surface area contributed by atoms with Gasteiger partial charge in [0, 0.05) is 5.69 Å². The number of carbonyl (C=O) groups is 1. The Kier molecular flexibility index (Phi) is 3.97. The van der Waals surface area contributed by atoms with Crippen LogP contribution in [0.2, 0.25) is 0 Å². The van der Waals surface area contributed by atoms with E-state index in [1.807, 2.05) is 0 Å². The van der Waals surface area contributed by atoms with Crippen LogP contribution in [0.3, 0.4) is 0 Å². The summed E-state index contributed by atoms with van der Waals surface area (Å²) in [6.07, 6.45) is 0. The lowest BCUT2D eigenvalue weighted by Crippen LogP contribution is -2.19. The zero-order valence-electron chi connectivity index (χ0n) is 10.3. The number of ether oxygens (including phenoxy) is 1. The van der Waals surface area contributed by atoms with Crippen molar-refractivity contribution in [1.29, 1.82) is 0 Å². The van der Waals surface area contributed by atoms with Crippen molar-refractivity contribution in [3.05, 3.63) is 54.3 Å². The van der Waals surface area contributed by atoms with Crippen LogP contribution in [0.4, 0.5) is 20.6 Å². The van der Waals surface area contributed by atoms with Gasteiger partial charge in [-0.2, -0.15) is 0 Å². The molecular weight excluding hydrogens is 247 g/mol. The number of benzene rings is 2. The Labute approximate surface area is 110 Å². The highest BCUT2D eigenvalue weighted by Crippen LogP contribution is 2.23. The van der Waals surface area contributed by atoms with Crippen LogP contribution < -0.4 is 15.4 Å². The van der Waals surface area contributed by atoms with Gasteiger partial charge in [-0.1, -0.05) is 18.2 Å². The maximum absolute atomic E-state index is 13.0. The molecule has 0 heterocycles. The predicted octanol–water partition coefficient (Wildman–Crippen LogP) is 3.48. The monoisotopic (exact) mass is 260 g/mol. The van der Waals surface area contributed by atoms with Gasteiger partial charge in [-0.05, 0) is 30.3 Å².